The SMILES string of the molecule is CCOC(=O)CN(Cc1ccccc1Cl)c1ccc(C(O)(C(F)(F)F)C(F)(F)F)cc1. The van der Waals surface area contributed by atoms with Crippen LogP contribution in [0.5, 0.6) is 0 Å². The van der Waals surface area contributed by atoms with Gasteiger partial charge >= 0.3 is 18.3 Å². The Bertz CT molecular complexity index is 885. The maximum Gasteiger partial charge on any atom is 0.430 e. The van der Waals surface area contributed by atoms with E-state index in [0.29, 0.717) is 22.7 Å². The number of halogens is 7. The summed E-state index contributed by atoms with van der Waals surface area (Å²) in [5.41, 5.74) is -5.74. The number of rotatable bonds is 7. The first-order valence-electron chi connectivity index (χ1n) is 8.91. The minimum Gasteiger partial charge on any atom is -0.465 e. The van der Waals surface area contributed by atoms with E-state index >= 15 is 0 Å². The standard InChI is InChI=1S/C20H18ClF6NO3/c1-2-31-17(29)12-28(11-13-5-3-4-6-16(13)21)15-9-7-14(8-10-15)18(30,19(22,23)24)20(25,26)27/h3-10,30H,2,11-12H2,1H3. The van der Waals surface area contributed by atoms with Gasteiger partial charge in [0.2, 0.25) is 0 Å². The lowest BCUT2D eigenvalue weighted by atomic mass is 9.92. The second-order valence-corrected chi connectivity index (χ2v) is 6.91. The van der Waals surface area contributed by atoms with Crippen LogP contribution in [-0.4, -0.2) is 36.6 Å². The van der Waals surface area contributed by atoms with Crippen molar-refractivity contribution in [2.24, 2.45) is 0 Å². The van der Waals surface area contributed by atoms with Gasteiger partial charge < -0.3 is 14.7 Å². The van der Waals surface area contributed by atoms with Gasteiger partial charge in [0.05, 0.1) is 6.61 Å². The highest BCUT2D eigenvalue weighted by atomic mass is 35.5. The van der Waals surface area contributed by atoms with Gasteiger partial charge in [0.15, 0.2) is 0 Å². The average molecular weight is 470 g/mol. The molecule has 0 aliphatic rings. The van der Waals surface area contributed by atoms with E-state index in [9.17, 15) is 36.2 Å². The second-order valence-electron chi connectivity index (χ2n) is 6.51. The lowest BCUT2D eigenvalue weighted by Crippen LogP contribution is -2.53. The third kappa shape index (κ3) is 5.43. The number of nitrogens with zero attached hydrogens (tertiary/aromatic N) is 1. The monoisotopic (exact) mass is 469 g/mol. The van der Waals surface area contributed by atoms with E-state index in [1.807, 2.05) is 0 Å². The van der Waals surface area contributed by atoms with E-state index in [1.165, 1.54) is 4.90 Å². The first-order chi connectivity index (χ1) is 14.3. The number of esters is 1. The van der Waals surface area contributed by atoms with Crippen molar-refractivity contribution in [1.82, 2.24) is 0 Å². The zero-order valence-corrected chi connectivity index (χ0v) is 16.9. The Morgan fingerprint density at radius 2 is 1.55 bits per heavy atom. The van der Waals surface area contributed by atoms with Crippen molar-refractivity contribution < 1.29 is 41.0 Å². The molecule has 0 amide bonds. The average Bonchev–Trinajstić information content (AvgIpc) is 2.67. The molecule has 1 N–H and O–H groups in total. The summed E-state index contributed by atoms with van der Waals surface area (Å²) in [6, 6.07) is 9.53. The van der Waals surface area contributed by atoms with Crippen molar-refractivity contribution in [2.45, 2.75) is 31.4 Å². The lowest BCUT2D eigenvalue weighted by molar-refractivity contribution is -0.376. The number of anilines is 1. The first kappa shape index (κ1) is 24.8. The van der Waals surface area contributed by atoms with Gasteiger partial charge in [-0.15, -0.1) is 0 Å². The van der Waals surface area contributed by atoms with E-state index in [-0.39, 0.29) is 25.4 Å². The van der Waals surface area contributed by atoms with Crippen LogP contribution < -0.4 is 4.90 Å². The second kappa shape index (κ2) is 9.35. The number of hydrogen-bond donors (Lipinski definition) is 1. The van der Waals surface area contributed by atoms with Gasteiger partial charge in [0.25, 0.3) is 5.60 Å². The van der Waals surface area contributed by atoms with Crippen LogP contribution in [0.1, 0.15) is 18.1 Å². The summed E-state index contributed by atoms with van der Waals surface area (Å²) >= 11 is 6.11. The lowest BCUT2D eigenvalue weighted by Gasteiger charge is -2.33. The molecule has 0 aliphatic carbocycles. The number of carbonyl (C=O) groups is 1. The van der Waals surface area contributed by atoms with Crippen molar-refractivity contribution in [2.75, 3.05) is 18.1 Å². The number of alkyl halides is 6. The zero-order valence-electron chi connectivity index (χ0n) is 16.1. The maximum absolute atomic E-state index is 13.1. The zero-order chi connectivity index (χ0) is 23.4. The summed E-state index contributed by atoms with van der Waals surface area (Å²) in [7, 11) is 0. The molecular formula is C20H18ClF6NO3. The highest BCUT2D eigenvalue weighted by molar-refractivity contribution is 6.31. The maximum atomic E-state index is 13.1. The van der Waals surface area contributed by atoms with Gasteiger partial charge in [-0.25, -0.2) is 0 Å². The van der Waals surface area contributed by atoms with Gasteiger partial charge in [0, 0.05) is 22.8 Å². The van der Waals surface area contributed by atoms with Gasteiger partial charge in [-0.3, -0.25) is 4.79 Å². The molecule has 2 aromatic rings. The van der Waals surface area contributed by atoms with E-state index < -0.39 is 29.5 Å². The number of carbonyl (C=O) groups excluding carboxylic acids is 1. The molecule has 0 radical (unpaired) electrons. The van der Waals surface area contributed by atoms with Crippen molar-refractivity contribution in [3.63, 3.8) is 0 Å². The first-order valence-corrected chi connectivity index (χ1v) is 9.29. The molecular weight excluding hydrogens is 452 g/mol. The summed E-state index contributed by atoms with van der Waals surface area (Å²) in [6.07, 6.45) is -12.0. The molecule has 2 aromatic carbocycles. The van der Waals surface area contributed by atoms with Crippen LogP contribution in [-0.2, 0) is 21.7 Å². The van der Waals surface area contributed by atoms with Crippen molar-refractivity contribution in [1.29, 1.82) is 0 Å². The van der Waals surface area contributed by atoms with Crippen molar-refractivity contribution in [3.8, 4) is 0 Å². The molecule has 170 valence electrons. The summed E-state index contributed by atoms with van der Waals surface area (Å²) in [4.78, 5) is 13.3. The van der Waals surface area contributed by atoms with Crippen LogP contribution in [0.4, 0.5) is 32.0 Å². The van der Waals surface area contributed by atoms with Crippen LogP contribution in [0.25, 0.3) is 0 Å². The van der Waals surface area contributed by atoms with Gasteiger partial charge in [0.1, 0.15) is 6.54 Å². The van der Waals surface area contributed by atoms with Gasteiger partial charge in [-0.1, -0.05) is 41.9 Å². The minimum atomic E-state index is -5.99. The molecule has 0 saturated heterocycles. The topological polar surface area (TPSA) is 49.8 Å². The Morgan fingerprint density at radius 1 is 1.00 bits per heavy atom. The van der Waals surface area contributed by atoms with E-state index in [1.54, 1.807) is 31.2 Å². The predicted molar refractivity (Wildman–Crippen MR) is 102 cm³/mol. The molecule has 0 bridgehead atoms. The Labute approximate surface area is 179 Å². The number of ether oxygens (including phenoxy) is 1. The molecule has 0 unspecified atom stereocenters. The highest BCUT2D eigenvalue weighted by Crippen LogP contribution is 2.50. The van der Waals surface area contributed by atoms with E-state index in [2.05, 4.69) is 0 Å². The smallest absolute Gasteiger partial charge is 0.430 e. The molecule has 0 saturated carbocycles. The van der Waals surface area contributed by atoms with Crippen LogP contribution in [0, 0.1) is 0 Å². The van der Waals surface area contributed by atoms with Crippen LogP contribution in [0.15, 0.2) is 48.5 Å². The minimum absolute atomic E-state index is 0.0284. The number of benzene rings is 2. The molecule has 11 heteroatoms. The van der Waals surface area contributed by atoms with Crippen molar-refractivity contribution in [3.05, 3.63) is 64.7 Å². The molecule has 0 atom stereocenters. The van der Waals surface area contributed by atoms with Gasteiger partial charge in [-0.05, 0) is 30.7 Å². The highest BCUT2D eigenvalue weighted by Gasteiger charge is 2.71. The number of aliphatic hydroxyl groups is 1. The molecule has 0 aromatic heterocycles. The summed E-state index contributed by atoms with van der Waals surface area (Å²) in [6.45, 7) is 1.37. The molecule has 0 heterocycles. The van der Waals surface area contributed by atoms with Crippen molar-refractivity contribution >= 4 is 23.3 Å². The largest absolute Gasteiger partial charge is 0.465 e. The fourth-order valence-corrected chi connectivity index (χ4v) is 3.03. The summed E-state index contributed by atoms with van der Waals surface area (Å²) < 4.78 is 83.3. The molecule has 0 spiro atoms. The predicted octanol–water partition coefficient (Wildman–Crippen LogP) is 5.22. The van der Waals surface area contributed by atoms with E-state index in [0.717, 1.165) is 12.1 Å². The normalized spacial score (nSPS) is 12.5. The molecule has 0 fully saturated rings. The van der Waals surface area contributed by atoms with Crippen LogP contribution >= 0.6 is 11.6 Å². The quantitative estimate of drug-likeness (QED) is 0.446. The van der Waals surface area contributed by atoms with Crippen LogP contribution in [0.2, 0.25) is 5.02 Å². The Morgan fingerprint density at radius 3 is 2.03 bits per heavy atom. The summed E-state index contributed by atoms with van der Waals surface area (Å²) in [5, 5.41) is 9.87. The Kier molecular flexibility index (Phi) is 7.48. The molecule has 0 aliphatic heterocycles. The molecule has 2 rings (SSSR count). The molecule has 4 nitrogen and oxygen atoms in total. The molecule has 31 heavy (non-hydrogen) atoms. The summed E-state index contributed by atoms with van der Waals surface area (Å²) in [5.74, 6) is -0.652. The third-order valence-corrected chi connectivity index (χ3v) is 4.78. The van der Waals surface area contributed by atoms with E-state index in [4.69, 9.17) is 16.3 Å². The van der Waals surface area contributed by atoms with Gasteiger partial charge in [-0.2, -0.15) is 26.3 Å². The Balaban J connectivity index is 2.43. The Hall–Kier alpha value is -2.46. The number of hydrogen-bond acceptors (Lipinski definition) is 4. The third-order valence-electron chi connectivity index (χ3n) is 4.42. The van der Waals surface area contributed by atoms with Crippen LogP contribution in [0.3, 0.4) is 0 Å². The fraction of sp³-hybridized carbons (Fsp3) is 0.350. The fourth-order valence-electron chi connectivity index (χ4n) is 2.83.